The molecular formula is C14H18N2O2. The lowest BCUT2D eigenvalue weighted by atomic mass is 10.1. The average molecular weight is 246 g/mol. The van der Waals surface area contributed by atoms with Crippen molar-refractivity contribution >= 4 is 11.4 Å². The second-order valence-corrected chi connectivity index (χ2v) is 4.28. The second-order valence-electron chi connectivity index (χ2n) is 4.28. The Bertz CT molecular complexity index is 495. The molecule has 1 heterocycles. The molecule has 4 heteroatoms. The zero-order chi connectivity index (χ0) is 13.0. The van der Waals surface area contributed by atoms with Crippen molar-refractivity contribution in [3.8, 4) is 5.75 Å². The fourth-order valence-electron chi connectivity index (χ4n) is 1.83. The van der Waals surface area contributed by atoms with Crippen LogP contribution in [0.15, 0.2) is 41.0 Å². The molecule has 0 saturated carbocycles. The van der Waals surface area contributed by atoms with Crippen LogP contribution in [0.1, 0.15) is 12.7 Å². The number of anilines is 2. The van der Waals surface area contributed by atoms with Crippen LogP contribution >= 0.6 is 0 Å². The summed E-state index contributed by atoms with van der Waals surface area (Å²) < 4.78 is 10.5. The van der Waals surface area contributed by atoms with Gasteiger partial charge in [0.15, 0.2) is 0 Å². The van der Waals surface area contributed by atoms with Crippen LogP contribution < -0.4 is 15.8 Å². The minimum atomic E-state index is 0.227. The lowest BCUT2D eigenvalue weighted by molar-refractivity contribution is 0.415. The van der Waals surface area contributed by atoms with E-state index in [1.54, 1.807) is 13.4 Å². The molecule has 0 aliphatic carbocycles. The lowest BCUT2D eigenvalue weighted by Gasteiger charge is -2.16. The fourth-order valence-corrected chi connectivity index (χ4v) is 1.83. The fraction of sp³-hybridized carbons (Fsp3) is 0.286. The summed E-state index contributed by atoms with van der Waals surface area (Å²) in [4.78, 5) is 0. The van der Waals surface area contributed by atoms with Crippen LogP contribution in [0.4, 0.5) is 11.4 Å². The van der Waals surface area contributed by atoms with Crippen molar-refractivity contribution in [1.29, 1.82) is 0 Å². The summed E-state index contributed by atoms with van der Waals surface area (Å²) in [5.74, 6) is 1.74. The van der Waals surface area contributed by atoms with Gasteiger partial charge >= 0.3 is 0 Å². The number of hydrogen-bond acceptors (Lipinski definition) is 4. The maximum atomic E-state index is 5.92. The van der Waals surface area contributed by atoms with E-state index in [1.807, 2.05) is 30.3 Å². The average Bonchev–Trinajstić information content (AvgIpc) is 2.84. The SMILES string of the molecule is COc1ccc(N)c(NC(C)Cc2ccco2)c1. The predicted molar refractivity (Wildman–Crippen MR) is 72.9 cm³/mol. The molecule has 1 aromatic heterocycles. The standard InChI is InChI=1S/C14H18N2O2/c1-10(8-12-4-3-7-18-12)16-14-9-11(17-2)5-6-13(14)15/h3-7,9-10,16H,8,15H2,1-2H3. The zero-order valence-corrected chi connectivity index (χ0v) is 10.6. The number of nitrogen functional groups attached to an aromatic ring is 1. The van der Waals surface area contributed by atoms with Gasteiger partial charge in [0.05, 0.1) is 24.7 Å². The van der Waals surface area contributed by atoms with Gasteiger partial charge in [0.2, 0.25) is 0 Å². The largest absolute Gasteiger partial charge is 0.497 e. The monoisotopic (exact) mass is 246 g/mol. The molecule has 18 heavy (non-hydrogen) atoms. The Morgan fingerprint density at radius 2 is 2.22 bits per heavy atom. The van der Waals surface area contributed by atoms with Crippen LogP contribution in [0.25, 0.3) is 0 Å². The van der Waals surface area contributed by atoms with E-state index in [9.17, 15) is 0 Å². The number of benzene rings is 1. The number of nitrogens with one attached hydrogen (secondary N) is 1. The Balaban J connectivity index is 2.04. The van der Waals surface area contributed by atoms with Crippen LogP contribution in [0.2, 0.25) is 0 Å². The lowest BCUT2D eigenvalue weighted by Crippen LogP contribution is -2.18. The number of rotatable bonds is 5. The molecule has 2 rings (SSSR count). The van der Waals surface area contributed by atoms with Gasteiger partial charge < -0.3 is 20.2 Å². The van der Waals surface area contributed by atoms with Crippen molar-refractivity contribution in [2.24, 2.45) is 0 Å². The number of methoxy groups -OCH3 is 1. The molecule has 0 amide bonds. The first-order valence-corrected chi connectivity index (χ1v) is 5.91. The highest BCUT2D eigenvalue weighted by atomic mass is 16.5. The second kappa shape index (κ2) is 5.49. The third-order valence-corrected chi connectivity index (χ3v) is 2.75. The first-order valence-electron chi connectivity index (χ1n) is 5.91. The van der Waals surface area contributed by atoms with E-state index >= 15 is 0 Å². The molecule has 4 nitrogen and oxygen atoms in total. The highest BCUT2D eigenvalue weighted by molar-refractivity contribution is 5.68. The third kappa shape index (κ3) is 2.97. The summed E-state index contributed by atoms with van der Waals surface area (Å²) in [5, 5.41) is 3.36. The molecule has 2 aromatic rings. The summed E-state index contributed by atoms with van der Waals surface area (Å²) in [6.45, 7) is 2.08. The Morgan fingerprint density at radius 1 is 1.39 bits per heavy atom. The highest BCUT2D eigenvalue weighted by Crippen LogP contribution is 2.25. The van der Waals surface area contributed by atoms with Crippen molar-refractivity contribution in [3.05, 3.63) is 42.4 Å². The zero-order valence-electron chi connectivity index (χ0n) is 10.6. The topological polar surface area (TPSA) is 60.4 Å². The first-order chi connectivity index (χ1) is 8.69. The predicted octanol–water partition coefficient (Wildman–Crippen LogP) is 2.91. The molecule has 0 radical (unpaired) electrons. The van der Waals surface area contributed by atoms with Crippen LogP contribution in [0.3, 0.4) is 0 Å². The minimum absolute atomic E-state index is 0.227. The maximum Gasteiger partial charge on any atom is 0.121 e. The van der Waals surface area contributed by atoms with Crippen molar-refractivity contribution in [3.63, 3.8) is 0 Å². The summed E-state index contributed by atoms with van der Waals surface area (Å²) >= 11 is 0. The molecule has 96 valence electrons. The molecule has 0 spiro atoms. The van der Waals surface area contributed by atoms with Gasteiger partial charge in [-0.1, -0.05) is 0 Å². The van der Waals surface area contributed by atoms with E-state index in [-0.39, 0.29) is 6.04 Å². The van der Waals surface area contributed by atoms with Gasteiger partial charge in [-0.05, 0) is 31.2 Å². The molecule has 1 aromatic carbocycles. The van der Waals surface area contributed by atoms with E-state index < -0.39 is 0 Å². The van der Waals surface area contributed by atoms with Gasteiger partial charge in [0.25, 0.3) is 0 Å². The molecule has 0 aliphatic heterocycles. The van der Waals surface area contributed by atoms with E-state index in [0.717, 1.165) is 23.6 Å². The molecule has 0 saturated heterocycles. The van der Waals surface area contributed by atoms with E-state index in [1.165, 1.54) is 0 Å². The smallest absolute Gasteiger partial charge is 0.121 e. The number of nitrogens with two attached hydrogens (primary N) is 1. The normalized spacial score (nSPS) is 12.1. The summed E-state index contributed by atoms with van der Waals surface area (Å²) in [5.41, 5.74) is 7.52. The van der Waals surface area contributed by atoms with E-state index in [0.29, 0.717) is 5.69 Å². The Kier molecular flexibility index (Phi) is 3.77. The van der Waals surface area contributed by atoms with Crippen molar-refractivity contribution in [2.45, 2.75) is 19.4 Å². The Hall–Kier alpha value is -2.10. The molecule has 0 aliphatic rings. The summed E-state index contributed by atoms with van der Waals surface area (Å²) in [7, 11) is 1.64. The quantitative estimate of drug-likeness (QED) is 0.796. The minimum Gasteiger partial charge on any atom is -0.497 e. The van der Waals surface area contributed by atoms with Gasteiger partial charge in [-0.25, -0.2) is 0 Å². The summed E-state index contributed by atoms with van der Waals surface area (Å²) in [6, 6.07) is 9.66. The van der Waals surface area contributed by atoms with Gasteiger partial charge in [-0.2, -0.15) is 0 Å². The number of hydrogen-bond donors (Lipinski definition) is 2. The maximum absolute atomic E-state index is 5.92. The highest BCUT2D eigenvalue weighted by Gasteiger charge is 2.08. The third-order valence-electron chi connectivity index (χ3n) is 2.75. The summed E-state index contributed by atoms with van der Waals surface area (Å²) in [6.07, 6.45) is 2.49. The Labute approximate surface area is 107 Å². The van der Waals surface area contributed by atoms with Gasteiger partial charge in [0, 0.05) is 18.5 Å². The molecule has 0 bridgehead atoms. The van der Waals surface area contributed by atoms with Gasteiger partial charge in [0.1, 0.15) is 11.5 Å². The number of furan rings is 1. The first kappa shape index (κ1) is 12.4. The Morgan fingerprint density at radius 3 is 2.89 bits per heavy atom. The van der Waals surface area contributed by atoms with Crippen LogP contribution in [-0.2, 0) is 6.42 Å². The van der Waals surface area contributed by atoms with Crippen molar-refractivity contribution < 1.29 is 9.15 Å². The molecular weight excluding hydrogens is 228 g/mol. The van der Waals surface area contributed by atoms with Crippen LogP contribution in [-0.4, -0.2) is 13.2 Å². The number of ether oxygens (including phenoxy) is 1. The molecule has 0 fully saturated rings. The van der Waals surface area contributed by atoms with Gasteiger partial charge in [-0.3, -0.25) is 0 Å². The van der Waals surface area contributed by atoms with E-state index in [2.05, 4.69) is 12.2 Å². The van der Waals surface area contributed by atoms with E-state index in [4.69, 9.17) is 14.9 Å². The molecule has 1 atom stereocenters. The van der Waals surface area contributed by atoms with Gasteiger partial charge in [-0.15, -0.1) is 0 Å². The molecule has 3 N–H and O–H groups in total. The van der Waals surface area contributed by atoms with Crippen molar-refractivity contribution in [2.75, 3.05) is 18.2 Å². The van der Waals surface area contributed by atoms with Crippen molar-refractivity contribution in [1.82, 2.24) is 0 Å². The van der Waals surface area contributed by atoms with Crippen LogP contribution in [0.5, 0.6) is 5.75 Å². The van der Waals surface area contributed by atoms with Crippen LogP contribution in [0, 0.1) is 0 Å². The molecule has 1 unspecified atom stereocenters.